The molecule has 1 saturated carbocycles. The number of carbonyl (C=O) groups excluding carboxylic acids is 1. The number of likely N-dealkylation sites (N-methyl/N-ethyl adjacent to an activating group) is 1. The van der Waals surface area contributed by atoms with Gasteiger partial charge in [0.2, 0.25) is 11.9 Å². The van der Waals surface area contributed by atoms with E-state index in [0.29, 0.717) is 46.1 Å². The van der Waals surface area contributed by atoms with Crippen LogP contribution in [0.4, 0.5) is 5.95 Å². The average Bonchev–Trinajstić information content (AvgIpc) is 3.27. The predicted octanol–water partition coefficient (Wildman–Crippen LogP) is 3.34. The van der Waals surface area contributed by atoms with E-state index in [1.54, 1.807) is 23.8 Å². The van der Waals surface area contributed by atoms with Crippen molar-refractivity contribution >= 4 is 34.5 Å². The summed E-state index contributed by atoms with van der Waals surface area (Å²) in [5.74, 6) is 1.52. The minimum Gasteiger partial charge on any atom is -0.351 e. The Labute approximate surface area is 209 Å². The highest BCUT2D eigenvalue weighted by atomic mass is 35.5. The van der Waals surface area contributed by atoms with Crippen LogP contribution in [0.5, 0.6) is 0 Å². The maximum Gasteiger partial charge on any atom is 0.260 e. The molecule has 184 valence electrons. The number of halogens is 1. The van der Waals surface area contributed by atoms with Gasteiger partial charge in [0.25, 0.3) is 5.56 Å². The lowest BCUT2D eigenvalue weighted by Gasteiger charge is -2.20. The number of piperidine rings is 1. The fourth-order valence-corrected chi connectivity index (χ4v) is 5.47. The van der Waals surface area contributed by atoms with Crippen molar-refractivity contribution in [1.29, 1.82) is 0 Å². The fraction of sp³-hybridized carbons (Fsp3) is 0.462. The molecule has 2 fully saturated rings. The number of amides is 1. The second kappa shape index (κ2) is 9.59. The number of aromatic nitrogens is 3. The summed E-state index contributed by atoms with van der Waals surface area (Å²) in [5, 5.41) is 4.79. The van der Waals surface area contributed by atoms with Crippen molar-refractivity contribution in [3.05, 3.63) is 51.9 Å². The van der Waals surface area contributed by atoms with Gasteiger partial charge in [-0.2, -0.15) is 4.98 Å². The molecule has 3 aromatic rings. The molecule has 1 aromatic carbocycles. The lowest BCUT2D eigenvalue weighted by molar-refractivity contribution is -0.128. The zero-order valence-corrected chi connectivity index (χ0v) is 21.1. The molecule has 3 heterocycles. The van der Waals surface area contributed by atoms with Crippen molar-refractivity contribution in [3.63, 3.8) is 0 Å². The molecule has 0 bridgehead atoms. The normalized spacial score (nSPS) is 20.9. The third-order valence-electron chi connectivity index (χ3n) is 7.46. The van der Waals surface area contributed by atoms with E-state index in [0.717, 1.165) is 38.1 Å². The molecule has 0 spiro atoms. The number of hydrogen-bond donors (Lipinski definition) is 1. The van der Waals surface area contributed by atoms with E-state index in [-0.39, 0.29) is 17.5 Å². The number of pyridine rings is 1. The lowest BCUT2D eigenvalue weighted by atomic mass is 10.1. The first-order valence-corrected chi connectivity index (χ1v) is 12.7. The van der Waals surface area contributed by atoms with E-state index in [1.165, 1.54) is 0 Å². The number of fused-ring (bicyclic) bond motifs is 2. The number of likely N-dealkylation sites (tertiary alicyclic amines) is 1. The van der Waals surface area contributed by atoms with E-state index in [4.69, 9.17) is 16.6 Å². The van der Waals surface area contributed by atoms with Crippen LogP contribution in [0.3, 0.4) is 0 Å². The monoisotopic (exact) mass is 494 g/mol. The number of carbonyl (C=O) groups is 1. The zero-order chi connectivity index (χ0) is 24.7. The Balaban J connectivity index is 1.49. The Bertz CT molecular complexity index is 1310. The van der Waals surface area contributed by atoms with Crippen LogP contribution < -0.4 is 10.9 Å². The van der Waals surface area contributed by atoms with Gasteiger partial charge < -0.3 is 15.1 Å². The number of hydrogen-bond acceptors (Lipinski definition) is 6. The van der Waals surface area contributed by atoms with Crippen molar-refractivity contribution in [3.8, 4) is 11.1 Å². The van der Waals surface area contributed by atoms with Gasteiger partial charge in [0.15, 0.2) is 0 Å². The second-order valence-electron chi connectivity index (χ2n) is 9.42. The summed E-state index contributed by atoms with van der Waals surface area (Å²) in [6.45, 7) is 10.5. The molecule has 2 unspecified atom stereocenters. The number of rotatable bonds is 8. The van der Waals surface area contributed by atoms with Gasteiger partial charge in [0.1, 0.15) is 5.65 Å². The Morgan fingerprint density at radius 3 is 2.54 bits per heavy atom. The SMILES string of the molecule is CCN(CC)CCn1c(=O)c(-c2ccccc2Cl)cc2cnc(NC3C4CN(C(C)=O)CC43)nc21. The van der Waals surface area contributed by atoms with Crippen LogP contribution in [0.2, 0.25) is 5.02 Å². The van der Waals surface area contributed by atoms with Gasteiger partial charge in [0.05, 0.1) is 0 Å². The maximum absolute atomic E-state index is 13.7. The fourth-order valence-electron chi connectivity index (χ4n) is 5.24. The first-order valence-electron chi connectivity index (χ1n) is 12.3. The van der Waals surface area contributed by atoms with Gasteiger partial charge in [-0.25, -0.2) is 4.98 Å². The number of nitrogens with zero attached hydrogens (tertiary/aromatic N) is 5. The van der Waals surface area contributed by atoms with Crippen LogP contribution >= 0.6 is 11.6 Å². The third kappa shape index (κ3) is 4.52. The van der Waals surface area contributed by atoms with Gasteiger partial charge in [0, 0.05) is 78.7 Å². The molecular weight excluding hydrogens is 464 g/mol. The molecule has 5 rings (SSSR count). The van der Waals surface area contributed by atoms with Crippen molar-refractivity contribution in [2.24, 2.45) is 11.8 Å². The summed E-state index contributed by atoms with van der Waals surface area (Å²) >= 11 is 6.45. The number of anilines is 1. The molecule has 35 heavy (non-hydrogen) atoms. The summed E-state index contributed by atoms with van der Waals surface area (Å²) < 4.78 is 1.75. The topological polar surface area (TPSA) is 83.4 Å². The maximum atomic E-state index is 13.7. The molecule has 1 amide bonds. The second-order valence-corrected chi connectivity index (χ2v) is 9.82. The summed E-state index contributed by atoms with van der Waals surface area (Å²) in [6.07, 6.45) is 1.78. The predicted molar refractivity (Wildman–Crippen MR) is 139 cm³/mol. The summed E-state index contributed by atoms with van der Waals surface area (Å²) in [5.41, 5.74) is 1.77. The molecule has 1 N–H and O–H groups in total. The molecule has 9 heteroatoms. The summed E-state index contributed by atoms with van der Waals surface area (Å²) in [4.78, 5) is 38.9. The van der Waals surface area contributed by atoms with Gasteiger partial charge in [-0.3, -0.25) is 14.2 Å². The van der Waals surface area contributed by atoms with Crippen molar-refractivity contribution in [1.82, 2.24) is 24.3 Å². The molecule has 1 aliphatic heterocycles. The zero-order valence-electron chi connectivity index (χ0n) is 20.4. The highest BCUT2D eigenvalue weighted by molar-refractivity contribution is 6.33. The van der Waals surface area contributed by atoms with Crippen molar-refractivity contribution in [2.45, 2.75) is 33.4 Å². The molecule has 1 aliphatic carbocycles. The van der Waals surface area contributed by atoms with Crippen molar-refractivity contribution < 1.29 is 4.79 Å². The van der Waals surface area contributed by atoms with Gasteiger partial charge in [-0.15, -0.1) is 0 Å². The van der Waals surface area contributed by atoms with E-state index in [1.807, 2.05) is 29.2 Å². The largest absolute Gasteiger partial charge is 0.351 e. The quantitative estimate of drug-likeness (QED) is 0.517. The summed E-state index contributed by atoms with van der Waals surface area (Å²) in [6, 6.07) is 9.51. The first kappa shape index (κ1) is 23.8. The smallest absolute Gasteiger partial charge is 0.260 e. The van der Waals surface area contributed by atoms with Crippen LogP contribution in [-0.4, -0.2) is 69.0 Å². The first-order chi connectivity index (χ1) is 16.9. The molecule has 2 aliphatic rings. The lowest BCUT2D eigenvalue weighted by Crippen LogP contribution is -2.32. The summed E-state index contributed by atoms with van der Waals surface area (Å²) in [7, 11) is 0. The van der Waals surface area contributed by atoms with Crippen LogP contribution in [0.15, 0.2) is 41.3 Å². The average molecular weight is 495 g/mol. The highest BCUT2D eigenvalue weighted by Crippen LogP contribution is 2.46. The highest BCUT2D eigenvalue weighted by Gasteiger charge is 2.56. The van der Waals surface area contributed by atoms with Gasteiger partial charge in [-0.05, 0) is 25.2 Å². The van der Waals surface area contributed by atoms with Crippen molar-refractivity contribution in [2.75, 3.05) is 38.0 Å². The molecule has 8 nitrogen and oxygen atoms in total. The Morgan fingerprint density at radius 1 is 1.17 bits per heavy atom. The van der Waals surface area contributed by atoms with Gasteiger partial charge in [-0.1, -0.05) is 43.6 Å². The molecule has 0 radical (unpaired) electrons. The van der Waals surface area contributed by atoms with E-state index in [2.05, 4.69) is 29.0 Å². The van der Waals surface area contributed by atoms with E-state index < -0.39 is 0 Å². The minimum absolute atomic E-state index is 0.109. The Kier molecular flexibility index (Phi) is 6.51. The standard InChI is InChI=1S/C26H31ClN6O2/c1-4-31(5-2)10-11-33-24-17(12-19(25(33)35)18-8-6-7-9-22(18)27)13-28-26(30-24)29-23-20-14-32(16(3)34)15-21(20)23/h6-9,12-13,20-21,23H,4-5,10-11,14-15H2,1-3H3,(H,28,29,30). The van der Waals surface area contributed by atoms with Crippen LogP contribution in [0.1, 0.15) is 20.8 Å². The van der Waals surface area contributed by atoms with Gasteiger partial charge >= 0.3 is 0 Å². The minimum atomic E-state index is -0.109. The molecule has 2 atom stereocenters. The Morgan fingerprint density at radius 2 is 1.89 bits per heavy atom. The van der Waals surface area contributed by atoms with E-state index >= 15 is 0 Å². The molecule has 1 saturated heterocycles. The molecule has 2 aromatic heterocycles. The number of benzene rings is 1. The third-order valence-corrected chi connectivity index (χ3v) is 7.79. The van der Waals surface area contributed by atoms with Crippen LogP contribution in [0.25, 0.3) is 22.2 Å². The Hall–Kier alpha value is -2.97. The molecular formula is C26H31ClN6O2. The van der Waals surface area contributed by atoms with Crippen LogP contribution in [0, 0.1) is 11.8 Å². The van der Waals surface area contributed by atoms with E-state index in [9.17, 15) is 9.59 Å². The van der Waals surface area contributed by atoms with Crippen LogP contribution in [-0.2, 0) is 11.3 Å². The number of nitrogens with one attached hydrogen (secondary N) is 1.